The third-order valence-electron chi connectivity index (χ3n) is 4.32. The molecule has 0 N–H and O–H groups in total. The first-order valence-electron chi connectivity index (χ1n) is 9.11. The van der Waals surface area contributed by atoms with E-state index in [1.807, 2.05) is 30.3 Å². The van der Waals surface area contributed by atoms with Crippen molar-refractivity contribution in [3.05, 3.63) is 78.4 Å². The van der Waals surface area contributed by atoms with Crippen LogP contribution in [0.2, 0.25) is 0 Å². The predicted octanol–water partition coefficient (Wildman–Crippen LogP) is 3.12. The Morgan fingerprint density at radius 3 is 2.14 bits per heavy atom. The van der Waals surface area contributed by atoms with Crippen LogP contribution < -0.4 is 0 Å². The maximum Gasteiger partial charge on any atom is 0.330 e. The lowest BCUT2D eigenvalue weighted by Gasteiger charge is -2.24. The number of hydrogen-bond donors (Lipinski definition) is 0. The first-order chi connectivity index (χ1) is 13.8. The molecule has 0 heterocycles. The molecule has 2 unspecified atom stereocenters. The second-order valence-corrected chi connectivity index (χ2v) is 8.54. The minimum atomic E-state index is -3.85. The molecule has 0 aliphatic heterocycles. The highest BCUT2D eigenvalue weighted by atomic mass is 32.2. The van der Waals surface area contributed by atoms with Gasteiger partial charge in [0.1, 0.15) is 11.4 Å². The van der Waals surface area contributed by atoms with Gasteiger partial charge < -0.3 is 9.47 Å². The van der Waals surface area contributed by atoms with E-state index in [-0.39, 0.29) is 11.3 Å². The number of ether oxygens (including phenoxy) is 2. The number of methoxy groups -OCH3 is 1. The molecule has 7 heteroatoms. The molecule has 29 heavy (non-hydrogen) atoms. The quantitative estimate of drug-likeness (QED) is 0.461. The second kappa shape index (κ2) is 10.6. The maximum absolute atomic E-state index is 13.3. The summed E-state index contributed by atoms with van der Waals surface area (Å²) >= 11 is 0. The van der Waals surface area contributed by atoms with Crippen molar-refractivity contribution in [3.63, 3.8) is 0 Å². The summed E-state index contributed by atoms with van der Waals surface area (Å²) in [6.45, 7) is 1.20. The van der Waals surface area contributed by atoms with E-state index >= 15 is 0 Å². The number of benzene rings is 2. The smallest absolute Gasteiger partial charge is 0.330 e. The Morgan fingerprint density at radius 1 is 1.00 bits per heavy atom. The molecule has 2 atom stereocenters. The number of sulfone groups is 1. The Morgan fingerprint density at radius 2 is 1.59 bits per heavy atom. The van der Waals surface area contributed by atoms with Crippen LogP contribution in [-0.4, -0.2) is 38.8 Å². The standard InChI is InChI=1S/C22H24O6S/c1-17(23)28-20(14-16-22(24)27-2)21(15-13-18-9-5-3-6-10-18)29(25,26)19-11-7-4-8-12-19/h3-12,14,16,20-21H,13,15H2,1-2H3/b16-14+. The van der Waals surface area contributed by atoms with Crippen LogP contribution in [-0.2, 0) is 35.3 Å². The van der Waals surface area contributed by atoms with Gasteiger partial charge in [-0.05, 0) is 36.6 Å². The van der Waals surface area contributed by atoms with Crippen LogP contribution in [0, 0.1) is 0 Å². The van der Waals surface area contributed by atoms with Gasteiger partial charge in [0, 0.05) is 13.0 Å². The van der Waals surface area contributed by atoms with Gasteiger partial charge in [-0.3, -0.25) is 4.79 Å². The van der Waals surface area contributed by atoms with Crippen molar-refractivity contribution in [3.8, 4) is 0 Å². The van der Waals surface area contributed by atoms with Crippen LogP contribution in [0.15, 0.2) is 77.7 Å². The molecule has 0 fully saturated rings. The third kappa shape index (κ3) is 6.57. The van der Waals surface area contributed by atoms with Crippen LogP contribution in [0.4, 0.5) is 0 Å². The molecule has 6 nitrogen and oxygen atoms in total. The molecule has 0 aliphatic carbocycles. The molecule has 154 valence electrons. The largest absolute Gasteiger partial charge is 0.466 e. The van der Waals surface area contributed by atoms with Crippen LogP contribution in [0.25, 0.3) is 0 Å². The lowest BCUT2D eigenvalue weighted by atomic mass is 10.0. The fraction of sp³-hybridized carbons (Fsp3) is 0.273. The summed E-state index contributed by atoms with van der Waals surface area (Å²) in [5.74, 6) is -1.31. The normalized spacial score (nSPS) is 13.6. The topological polar surface area (TPSA) is 86.7 Å². The highest BCUT2D eigenvalue weighted by Crippen LogP contribution is 2.25. The van der Waals surface area contributed by atoms with Gasteiger partial charge in [0.25, 0.3) is 0 Å². The van der Waals surface area contributed by atoms with Crippen LogP contribution in [0.3, 0.4) is 0 Å². The Bertz CT molecular complexity index is 936. The average molecular weight is 416 g/mol. The summed E-state index contributed by atoms with van der Waals surface area (Å²) in [6.07, 6.45) is 1.86. The van der Waals surface area contributed by atoms with E-state index in [0.717, 1.165) is 11.6 Å². The number of esters is 2. The van der Waals surface area contributed by atoms with E-state index in [1.165, 1.54) is 32.2 Å². The van der Waals surface area contributed by atoms with Crippen molar-refractivity contribution in [1.29, 1.82) is 0 Å². The number of aryl methyl sites for hydroxylation is 1. The van der Waals surface area contributed by atoms with Crippen molar-refractivity contribution in [2.24, 2.45) is 0 Å². The minimum absolute atomic E-state index is 0.127. The number of rotatable bonds is 9. The molecular formula is C22H24O6S. The first kappa shape index (κ1) is 22.4. The van der Waals surface area contributed by atoms with Crippen molar-refractivity contribution in [2.75, 3.05) is 7.11 Å². The zero-order valence-electron chi connectivity index (χ0n) is 16.4. The lowest BCUT2D eigenvalue weighted by Crippen LogP contribution is -2.37. The third-order valence-corrected chi connectivity index (χ3v) is 6.55. The molecule has 2 rings (SSSR count). The molecule has 2 aromatic rings. The van der Waals surface area contributed by atoms with E-state index in [4.69, 9.17) is 4.74 Å². The zero-order chi connectivity index (χ0) is 21.3. The summed E-state index contributed by atoms with van der Waals surface area (Å²) in [4.78, 5) is 23.3. The van der Waals surface area contributed by atoms with Crippen molar-refractivity contribution in [1.82, 2.24) is 0 Å². The van der Waals surface area contributed by atoms with Crippen LogP contribution in [0.1, 0.15) is 18.9 Å². The molecular weight excluding hydrogens is 392 g/mol. The van der Waals surface area contributed by atoms with E-state index < -0.39 is 33.1 Å². The highest BCUT2D eigenvalue weighted by molar-refractivity contribution is 7.92. The van der Waals surface area contributed by atoms with Gasteiger partial charge in [-0.2, -0.15) is 0 Å². The van der Waals surface area contributed by atoms with E-state index in [2.05, 4.69) is 4.74 Å². The van der Waals surface area contributed by atoms with Crippen molar-refractivity contribution >= 4 is 21.8 Å². The molecule has 2 aromatic carbocycles. The predicted molar refractivity (Wildman–Crippen MR) is 109 cm³/mol. The Kier molecular flexibility index (Phi) is 8.15. The van der Waals surface area contributed by atoms with Crippen molar-refractivity contribution in [2.45, 2.75) is 36.0 Å². The summed E-state index contributed by atoms with van der Waals surface area (Å²) in [5, 5.41) is -1.07. The van der Waals surface area contributed by atoms with E-state index in [0.29, 0.717) is 6.42 Å². The van der Waals surface area contributed by atoms with Crippen molar-refractivity contribution < 1.29 is 27.5 Å². The molecule has 0 radical (unpaired) electrons. The molecule has 0 saturated carbocycles. The van der Waals surface area contributed by atoms with Gasteiger partial charge in [-0.25, -0.2) is 13.2 Å². The molecule has 0 amide bonds. The fourth-order valence-corrected chi connectivity index (χ4v) is 4.72. The van der Waals surface area contributed by atoms with E-state index in [1.54, 1.807) is 18.2 Å². The Balaban J connectivity index is 2.43. The van der Waals surface area contributed by atoms with Gasteiger partial charge in [0.05, 0.1) is 12.0 Å². The number of carbonyl (C=O) groups is 2. The fourth-order valence-electron chi connectivity index (χ4n) is 2.91. The highest BCUT2D eigenvalue weighted by Gasteiger charge is 2.35. The molecule has 0 aromatic heterocycles. The summed E-state index contributed by atoms with van der Waals surface area (Å²) in [5.41, 5.74) is 0.958. The minimum Gasteiger partial charge on any atom is -0.466 e. The van der Waals surface area contributed by atoms with Crippen LogP contribution in [0.5, 0.6) is 0 Å². The summed E-state index contributed by atoms with van der Waals surface area (Å²) in [6, 6.07) is 17.4. The van der Waals surface area contributed by atoms with Gasteiger partial charge in [0.2, 0.25) is 0 Å². The Labute approximate surface area is 171 Å². The van der Waals surface area contributed by atoms with Gasteiger partial charge in [-0.15, -0.1) is 0 Å². The maximum atomic E-state index is 13.3. The van der Waals surface area contributed by atoms with E-state index in [9.17, 15) is 18.0 Å². The van der Waals surface area contributed by atoms with Gasteiger partial charge in [0.15, 0.2) is 9.84 Å². The molecule has 0 bridgehead atoms. The zero-order valence-corrected chi connectivity index (χ0v) is 17.2. The molecule has 0 aliphatic rings. The summed E-state index contributed by atoms with van der Waals surface area (Å²) < 4.78 is 36.6. The average Bonchev–Trinajstić information content (AvgIpc) is 2.72. The first-order valence-corrected chi connectivity index (χ1v) is 10.7. The van der Waals surface area contributed by atoms with Crippen LogP contribution >= 0.6 is 0 Å². The SMILES string of the molecule is COC(=O)/C=C/C(OC(C)=O)C(CCc1ccccc1)S(=O)(=O)c1ccccc1. The van der Waals surface area contributed by atoms with Gasteiger partial charge in [-0.1, -0.05) is 48.5 Å². The number of hydrogen-bond acceptors (Lipinski definition) is 6. The monoisotopic (exact) mass is 416 g/mol. The molecule has 0 spiro atoms. The summed E-state index contributed by atoms with van der Waals surface area (Å²) in [7, 11) is -2.64. The number of carbonyl (C=O) groups excluding carboxylic acids is 2. The molecule has 0 saturated heterocycles. The second-order valence-electron chi connectivity index (χ2n) is 6.38. The Hall–Kier alpha value is -2.93. The van der Waals surface area contributed by atoms with Gasteiger partial charge >= 0.3 is 11.9 Å². The lowest BCUT2D eigenvalue weighted by molar-refractivity contribution is -0.144.